The molecular weight excluding hydrogens is 312 g/mol. The molecular formula is C21H20N2O2. The van der Waals surface area contributed by atoms with Crippen LogP contribution in [0.1, 0.15) is 15.9 Å². The third-order valence-electron chi connectivity index (χ3n) is 5.37. The molecule has 4 nitrogen and oxygen atoms in total. The predicted molar refractivity (Wildman–Crippen MR) is 98.1 cm³/mol. The van der Waals surface area contributed by atoms with Gasteiger partial charge in [0.25, 0.3) is 0 Å². The minimum atomic E-state index is 0.159. The van der Waals surface area contributed by atoms with Crippen LogP contribution in [0.15, 0.2) is 48.5 Å². The number of morpholine rings is 1. The summed E-state index contributed by atoms with van der Waals surface area (Å²) in [5, 5.41) is 1.07. The number of hydrogen-bond acceptors (Lipinski definition) is 3. The fraction of sp³-hybridized carbons (Fsp3) is 0.286. The molecule has 1 saturated heterocycles. The van der Waals surface area contributed by atoms with Crippen LogP contribution >= 0.6 is 0 Å². The van der Waals surface area contributed by atoms with E-state index in [2.05, 4.69) is 33.7 Å². The average Bonchev–Trinajstić information content (AvgIpc) is 3.15. The van der Waals surface area contributed by atoms with E-state index in [0.717, 1.165) is 72.7 Å². The van der Waals surface area contributed by atoms with Crippen LogP contribution in [0.25, 0.3) is 22.2 Å². The van der Waals surface area contributed by atoms with E-state index in [4.69, 9.17) is 4.74 Å². The molecule has 0 radical (unpaired) electrons. The van der Waals surface area contributed by atoms with Crippen LogP contribution < -0.4 is 0 Å². The standard InChI is InChI=1S/C21H20N2O2/c24-21-16-6-2-1-5-15(16)20-19(21)17-7-3-4-8-18(17)23(20)10-9-22-11-13-25-14-12-22/h1-8H,9-14H2. The second-order valence-corrected chi connectivity index (χ2v) is 6.72. The summed E-state index contributed by atoms with van der Waals surface area (Å²) in [5.41, 5.74) is 5.02. The Hall–Kier alpha value is -2.43. The first-order chi connectivity index (χ1) is 12.3. The molecule has 0 atom stereocenters. The van der Waals surface area contributed by atoms with Gasteiger partial charge in [-0.25, -0.2) is 0 Å². The summed E-state index contributed by atoms with van der Waals surface area (Å²) >= 11 is 0. The summed E-state index contributed by atoms with van der Waals surface area (Å²) in [5.74, 6) is 0.159. The number of ketones is 1. The molecule has 0 saturated carbocycles. The van der Waals surface area contributed by atoms with Crippen LogP contribution in [0.5, 0.6) is 0 Å². The first-order valence-corrected chi connectivity index (χ1v) is 8.90. The van der Waals surface area contributed by atoms with E-state index >= 15 is 0 Å². The number of aromatic nitrogens is 1. The predicted octanol–water partition coefficient (Wildman–Crippen LogP) is 3.18. The highest BCUT2D eigenvalue weighted by molar-refractivity contribution is 6.27. The van der Waals surface area contributed by atoms with Crippen molar-refractivity contribution in [3.05, 3.63) is 59.7 Å². The van der Waals surface area contributed by atoms with E-state index in [1.54, 1.807) is 0 Å². The normalized spacial score (nSPS) is 17.0. The molecule has 4 heteroatoms. The minimum absolute atomic E-state index is 0.159. The summed E-state index contributed by atoms with van der Waals surface area (Å²) in [6.45, 7) is 5.45. The molecule has 1 aliphatic heterocycles. The lowest BCUT2D eigenvalue weighted by Gasteiger charge is -2.27. The van der Waals surface area contributed by atoms with Gasteiger partial charge in [-0.05, 0) is 6.07 Å². The summed E-state index contributed by atoms with van der Waals surface area (Å²) in [6, 6.07) is 16.3. The molecule has 0 N–H and O–H groups in total. The molecule has 2 heterocycles. The Morgan fingerprint density at radius 3 is 2.44 bits per heavy atom. The van der Waals surface area contributed by atoms with Gasteiger partial charge >= 0.3 is 0 Å². The lowest BCUT2D eigenvalue weighted by atomic mass is 10.1. The van der Waals surface area contributed by atoms with Gasteiger partial charge in [-0.1, -0.05) is 42.5 Å². The Kier molecular flexibility index (Phi) is 3.47. The van der Waals surface area contributed by atoms with Crippen LogP contribution in [0.2, 0.25) is 0 Å². The van der Waals surface area contributed by atoms with Crippen LogP contribution in [0, 0.1) is 0 Å². The molecule has 126 valence electrons. The molecule has 1 aromatic heterocycles. The summed E-state index contributed by atoms with van der Waals surface area (Å²) in [7, 11) is 0. The van der Waals surface area contributed by atoms with Crippen molar-refractivity contribution in [1.29, 1.82) is 0 Å². The van der Waals surface area contributed by atoms with Crippen molar-refractivity contribution in [2.75, 3.05) is 32.8 Å². The maximum absolute atomic E-state index is 13.0. The summed E-state index contributed by atoms with van der Waals surface area (Å²) in [6.07, 6.45) is 0. The van der Waals surface area contributed by atoms with Gasteiger partial charge in [0.1, 0.15) is 0 Å². The fourth-order valence-electron chi connectivity index (χ4n) is 4.13. The molecule has 2 aromatic carbocycles. The molecule has 1 fully saturated rings. The Morgan fingerprint density at radius 2 is 1.60 bits per heavy atom. The van der Waals surface area contributed by atoms with Gasteiger partial charge in [-0.15, -0.1) is 0 Å². The number of benzene rings is 2. The maximum atomic E-state index is 13.0. The number of rotatable bonds is 3. The Morgan fingerprint density at radius 1 is 0.880 bits per heavy atom. The number of nitrogens with zero attached hydrogens (tertiary/aromatic N) is 2. The van der Waals surface area contributed by atoms with E-state index in [9.17, 15) is 4.79 Å². The number of carbonyl (C=O) groups is 1. The van der Waals surface area contributed by atoms with Crippen molar-refractivity contribution in [1.82, 2.24) is 9.47 Å². The average molecular weight is 332 g/mol. The van der Waals surface area contributed by atoms with E-state index in [1.165, 1.54) is 0 Å². The van der Waals surface area contributed by atoms with Crippen LogP contribution in [-0.2, 0) is 11.3 Å². The topological polar surface area (TPSA) is 34.5 Å². The Labute approximate surface area is 146 Å². The third kappa shape index (κ3) is 2.25. The van der Waals surface area contributed by atoms with Gasteiger partial charge in [-0.3, -0.25) is 9.69 Å². The summed E-state index contributed by atoms with van der Waals surface area (Å²) < 4.78 is 7.79. The van der Waals surface area contributed by atoms with Gasteiger partial charge in [0.2, 0.25) is 0 Å². The SMILES string of the molecule is O=C1c2ccccc2-c2c1c1ccccc1n2CCN1CCOCC1. The van der Waals surface area contributed by atoms with Gasteiger partial charge < -0.3 is 9.30 Å². The number of ether oxygens (including phenoxy) is 1. The lowest BCUT2D eigenvalue weighted by molar-refractivity contribution is 0.0366. The van der Waals surface area contributed by atoms with Crippen LogP contribution in [0.3, 0.4) is 0 Å². The van der Waals surface area contributed by atoms with Crippen LogP contribution in [-0.4, -0.2) is 48.1 Å². The highest BCUT2D eigenvalue weighted by Gasteiger charge is 2.32. The molecule has 0 spiro atoms. The number of fused-ring (bicyclic) bond motifs is 5. The number of hydrogen-bond donors (Lipinski definition) is 0. The first-order valence-electron chi connectivity index (χ1n) is 8.90. The third-order valence-corrected chi connectivity index (χ3v) is 5.37. The zero-order valence-electron chi connectivity index (χ0n) is 14.1. The highest BCUT2D eigenvalue weighted by Crippen LogP contribution is 2.42. The van der Waals surface area contributed by atoms with Crippen molar-refractivity contribution in [3.8, 4) is 11.3 Å². The molecule has 2 aliphatic rings. The number of para-hydroxylation sites is 1. The highest BCUT2D eigenvalue weighted by atomic mass is 16.5. The molecule has 0 unspecified atom stereocenters. The largest absolute Gasteiger partial charge is 0.379 e. The van der Waals surface area contributed by atoms with Gasteiger partial charge in [0.05, 0.1) is 24.5 Å². The van der Waals surface area contributed by atoms with Crippen LogP contribution in [0.4, 0.5) is 0 Å². The van der Waals surface area contributed by atoms with Crippen molar-refractivity contribution in [3.63, 3.8) is 0 Å². The Bertz CT molecular complexity index is 967. The second-order valence-electron chi connectivity index (χ2n) is 6.72. The summed E-state index contributed by atoms with van der Waals surface area (Å²) in [4.78, 5) is 15.4. The van der Waals surface area contributed by atoms with Gasteiger partial charge in [0, 0.05) is 48.2 Å². The molecule has 0 amide bonds. The zero-order valence-corrected chi connectivity index (χ0v) is 14.1. The lowest BCUT2D eigenvalue weighted by Crippen LogP contribution is -2.38. The van der Waals surface area contributed by atoms with Crippen molar-refractivity contribution in [2.45, 2.75) is 6.54 Å². The van der Waals surface area contributed by atoms with Crippen molar-refractivity contribution in [2.24, 2.45) is 0 Å². The quantitative estimate of drug-likeness (QED) is 0.578. The van der Waals surface area contributed by atoms with Gasteiger partial charge in [0.15, 0.2) is 5.78 Å². The molecule has 25 heavy (non-hydrogen) atoms. The van der Waals surface area contributed by atoms with E-state index in [-0.39, 0.29) is 5.78 Å². The Balaban J connectivity index is 1.63. The molecule has 1 aliphatic carbocycles. The second kappa shape index (κ2) is 5.83. The zero-order chi connectivity index (χ0) is 16.8. The minimum Gasteiger partial charge on any atom is -0.379 e. The van der Waals surface area contributed by atoms with E-state index in [1.807, 2.05) is 24.3 Å². The molecule has 0 bridgehead atoms. The molecule has 5 rings (SSSR count). The maximum Gasteiger partial charge on any atom is 0.196 e. The van der Waals surface area contributed by atoms with Crippen molar-refractivity contribution < 1.29 is 9.53 Å². The van der Waals surface area contributed by atoms with Gasteiger partial charge in [-0.2, -0.15) is 0 Å². The smallest absolute Gasteiger partial charge is 0.196 e. The first kappa shape index (κ1) is 14.9. The molecule has 3 aromatic rings. The van der Waals surface area contributed by atoms with E-state index < -0.39 is 0 Å². The van der Waals surface area contributed by atoms with Crippen molar-refractivity contribution >= 4 is 16.7 Å². The number of carbonyl (C=O) groups excluding carboxylic acids is 1. The monoisotopic (exact) mass is 332 g/mol. The van der Waals surface area contributed by atoms with E-state index in [0.29, 0.717) is 0 Å². The fourth-order valence-corrected chi connectivity index (χ4v) is 4.13.